The lowest BCUT2D eigenvalue weighted by Gasteiger charge is -2.04. The molecule has 0 spiro atoms. The van der Waals surface area contributed by atoms with Crippen LogP contribution in [0, 0.1) is 5.92 Å². The first-order chi connectivity index (χ1) is 4.26. The molecular weight excluding hydrogens is 130 g/mol. The van der Waals surface area contributed by atoms with E-state index < -0.39 is 0 Å². The van der Waals surface area contributed by atoms with Gasteiger partial charge in [-0.2, -0.15) is 0 Å². The summed E-state index contributed by atoms with van der Waals surface area (Å²) in [7, 11) is 1.12. The van der Waals surface area contributed by atoms with Gasteiger partial charge in [0, 0.05) is 16.2 Å². The van der Waals surface area contributed by atoms with Crippen LogP contribution >= 0.6 is 0 Å². The molecule has 0 amide bonds. The predicted molar refractivity (Wildman–Crippen MR) is 43.3 cm³/mol. The highest BCUT2D eigenvalue weighted by Crippen LogP contribution is 2.04. The van der Waals surface area contributed by atoms with Gasteiger partial charge in [0.15, 0.2) is 0 Å². The van der Waals surface area contributed by atoms with Crippen LogP contribution in [0.25, 0.3) is 0 Å². The summed E-state index contributed by atoms with van der Waals surface area (Å²) in [5, 5.41) is 11.4. The first-order valence-electron chi connectivity index (χ1n) is 3.07. The van der Waals surface area contributed by atoms with Crippen molar-refractivity contribution in [3.05, 3.63) is 12.7 Å². The van der Waals surface area contributed by atoms with Gasteiger partial charge in [0.25, 0.3) is 0 Å². The van der Waals surface area contributed by atoms with E-state index in [-0.39, 0.29) is 0 Å². The number of hydrogen-bond donors (Lipinski definition) is 1. The summed E-state index contributed by atoms with van der Waals surface area (Å²) in [6.45, 7) is 5.44. The van der Waals surface area contributed by atoms with E-state index in [1.54, 1.807) is 0 Å². The van der Waals surface area contributed by atoms with Gasteiger partial charge in [-0.05, 0) is 6.92 Å². The average Bonchev–Trinajstić information content (AvgIpc) is 1.90. The molecule has 2 nitrogen and oxygen atoms in total. The van der Waals surface area contributed by atoms with E-state index in [1.807, 2.05) is 13.0 Å². The van der Waals surface area contributed by atoms with Crippen molar-refractivity contribution in [2.24, 2.45) is 11.1 Å². The molecule has 0 aromatic heterocycles. The molecule has 1 unspecified atom stereocenters. The smallest absolute Gasteiger partial charge is 0.0605 e. The molecule has 0 saturated heterocycles. The van der Waals surface area contributed by atoms with Crippen LogP contribution in [0.3, 0.4) is 0 Å². The SMILES string of the molecule is C=CC(C[SiH3])C(C)=NO. The molecule has 0 aromatic rings. The van der Waals surface area contributed by atoms with Crippen LogP contribution in [0.5, 0.6) is 0 Å². The fourth-order valence-electron chi connectivity index (χ4n) is 0.707. The quantitative estimate of drug-likeness (QED) is 0.201. The molecule has 0 rings (SSSR count). The van der Waals surface area contributed by atoms with Crippen LogP contribution in [0.4, 0.5) is 0 Å². The molecule has 52 valence electrons. The van der Waals surface area contributed by atoms with Crippen LogP contribution in [-0.4, -0.2) is 21.2 Å². The Bertz CT molecular complexity index is 122. The standard InChI is InChI=1S/C6H13NOSi/c1-3-6(4-9)5(2)7-8/h3,6,8H,1,4H2,2,9H3. The highest BCUT2D eigenvalue weighted by atomic mass is 28.1. The minimum absolute atomic E-state index is 0.293. The zero-order valence-corrected chi connectivity index (χ0v) is 7.96. The molecule has 0 heterocycles. The van der Waals surface area contributed by atoms with Crippen molar-refractivity contribution < 1.29 is 5.21 Å². The maximum atomic E-state index is 8.32. The Morgan fingerprint density at radius 2 is 2.56 bits per heavy atom. The lowest BCUT2D eigenvalue weighted by Crippen LogP contribution is -2.06. The van der Waals surface area contributed by atoms with E-state index in [2.05, 4.69) is 11.7 Å². The van der Waals surface area contributed by atoms with Gasteiger partial charge in [-0.15, -0.1) is 6.58 Å². The summed E-state index contributed by atoms with van der Waals surface area (Å²) in [6, 6.07) is 1.08. The van der Waals surface area contributed by atoms with Gasteiger partial charge in [-0.3, -0.25) is 0 Å². The number of rotatable bonds is 3. The van der Waals surface area contributed by atoms with Gasteiger partial charge in [0.05, 0.1) is 5.71 Å². The highest BCUT2D eigenvalue weighted by Gasteiger charge is 2.03. The monoisotopic (exact) mass is 143 g/mol. The van der Waals surface area contributed by atoms with Crippen molar-refractivity contribution in [3.63, 3.8) is 0 Å². The number of allylic oxidation sites excluding steroid dienone is 1. The van der Waals surface area contributed by atoms with E-state index in [9.17, 15) is 0 Å². The Morgan fingerprint density at radius 3 is 2.67 bits per heavy atom. The second kappa shape index (κ2) is 4.32. The highest BCUT2D eigenvalue weighted by molar-refractivity contribution is 6.11. The van der Waals surface area contributed by atoms with E-state index >= 15 is 0 Å². The third kappa shape index (κ3) is 2.46. The van der Waals surface area contributed by atoms with Gasteiger partial charge < -0.3 is 5.21 Å². The minimum Gasteiger partial charge on any atom is -0.411 e. The van der Waals surface area contributed by atoms with Gasteiger partial charge in [-0.25, -0.2) is 0 Å². The van der Waals surface area contributed by atoms with E-state index in [0.29, 0.717) is 5.92 Å². The van der Waals surface area contributed by atoms with Crippen molar-refractivity contribution in [1.29, 1.82) is 0 Å². The second-order valence-electron chi connectivity index (χ2n) is 1.99. The van der Waals surface area contributed by atoms with Crippen LogP contribution in [-0.2, 0) is 0 Å². The molecule has 1 N–H and O–H groups in total. The van der Waals surface area contributed by atoms with Gasteiger partial charge in [0.1, 0.15) is 0 Å². The van der Waals surface area contributed by atoms with Crippen molar-refractivity contribution in [2.75, 3.05) is 0 Å². The largest absolute Gasteiger partial charge is 0.411 e. The fraction of sp³-hybridized carbons (Fsp3) is 0.500. The van der Waals surface area contributed by atoms with Gasteiger partial charge in [0.2, 0.25) is 0 Å². The molecule has 0 radical (unpaired) electrons. The zero-order chi connectivity index (χ0) is 7.28. The molecule has 3 heteroatoms. The van der Waals surface area contributed by atoms with E-state index in [0.717, 1.165) is 22.0 Å². The summed E-state index contributed by atoms with van der Waals surface area (Å²) in [4.78, 5) is 0. The van der Waals surface area contributed by atoms with Crippen molar-refractivity contribution in [2.45, 2.75) is 13.0 Å². The van der Waals surface area contributed by atoms with Crippen molar-refractivity contribution in [3.8, 4) is 0 Å². The normalized spacial score (nSPS) is 15.4. The predicted octanol–water partition coefficient (Wildman–Crippen LogP) is 0.422. The van der Waals surface area contributed by atoms with Gasteiger partial charge in [-0.1, -0.05) is 17.3 Å². The maximum Gasteiger partial charge on any atom is 0.0605 e. The zero-order valence-electron chi connectivity index (χ0n) is 5.96. The molecule has 9 heavy (non-hydrogen) atoms. The molecule has 0 saturated carbocycles. The molecule has 1 atom stereocenters. The number of oxime groups is 1. The molecule has 0 aliphatic heterocycles. The fourth-order valence-corrected chi connectivity index (χ4v) is 1.63. The Labute approximate surface area is 58.7 Å². The van der Waals surface area contributed by atoms with E-state index in [1.165, 1.54) is 0 Å². The Kier molecular flexibility index (Phi) is 4.04. The summed E-state index contributed by atoms with van der Waals surface area (Å²) in [5.74, 6) is 0.293. The van der Waals surface area contributed by atoms with Crippen LogP contribution in [0.2, 0.25) is 6.04 Å². The van der Waals surface area contributed by atoms with Crippen LogP contribution in [0.15, 0.2) is 17.8 Å². The average molecular weight is 143 g/mol. The lowest BCUT2D eigenvalue weighted by molar-refractivity contribution is 0.316. The third-order valence-electron chi connectivity index (χ3n) is 1.42. The van der Waals surface area contributed by atoms with Gasteiger partial charge >= 0.3 is 0 Å². The summed E-state index contributed by atoms with van der Waals surface area (Å²) in [6.07, 6.45) is 1.82. The van der Waals surface area contributed by atoms with Crippen molar-refractivity contribution >= 4 is 16.0 Å². The number of nitrogens with zero attached hydrogens (tertiary/aromatic N) is 1. The minimum atomic E-state index is 0.293. The first kappa shape index (κ1) is 8.43. The number of hydrogen-bond acceptors (Lipinski definition) is 2. The molecule has 0 aliphatic rings. The molecule has 0 aliphatic carbocycles. The van der Waals surface area contributed by atoms with E-state index in [4.69, 9.17) is 5.21 Å². The first-order valence-corrected chi connectivity index (χ1v) is 4.48. The third-order valence-corrected chi connectivity index (χ3v) is 2.30. The molecule has 0 aromatic carbocycles. The Balaban J connectivity index is 3.94. The molecule has 0 bridgehead atoms. The summed E-state index contributed by atoms with van der Waals surface area (Å²) >= 11 is 0. The Morgan fingerprint density at radius 1 is 2.00 bits per heavy atom. The van der Waals surface area contributed by atoms with Crippen LogP contribution < -0.4 is 0 Å². The maximum absolute atomic E-state index is 8.32. The van der Waals surface area contributed by atoms with Crippen LogP contribution in [0.1, 0.15) is 6.92 Å². The molecular formula is C6H13NOSi. The Hall–Kier alpha value is -0.573. The summed E-state index contributed by atoms with van der Waals surface area (Å²) < 4.78 is 0. The second-order valence-corrected chi connectivity index (χ2v) is 2.81. The topological polar surface area (TPSA) is 32.6 Å². The summed E-state index contributed by atoms with van der Waals surface area (Å²) in [5.41, 5.74) is 0.764. The molecule has 0 fully saturated rings. The van der Waals surface area contributed by atoms with Crippen molar-refractivity contribution in [1.82, 2.24) is 0 Å². The lowest BCUT2D eigenvalue weighted by atomic mass is 10.1.